The van der Waals surface area contributed by atoms with Gasteiger partial charge >= 0.3 is 5.97 Å². The third kappa shape index (κ3) is 6.67. The van der Waals surface area contributed by atoms with Crippen LogP contribution in [-0.4, -0.2) is 29.6 Å². The lowest BCUT2D eigenvalue weighted by Crippen LogP contribution is -2.25. The average Bonchev–Trinajstić information content (AvgIpc) is 2.59. The molecule has 0 aliphatic heterocycles. The molecule has 0 radical (unpaired) electrons. The van der Waals surface area contributed by atoms with E-state index in [0.717, 1.165) is 15.8 Å². The van der Waals surface area contributed by atoms with Crippen molar-refractivity contribution in [2.45, 2.75) is 45.7 Å². The van der Waals surface area contributed by atoms with Gasteiger partial charge in [0.2, 0.25) is 0 Å². The number of halogens is 1. The van der Waals surface area contributed by atoms with E-state index < -0.39 is 5.97 Å². The van der Waals surface area contributed by atoms with Crippen molar-refractivity contribution >= 4 is 21.9 Å². The van der Waals surface area contributed by atoms with Gasteiger partial charge < -0.3 is 9.84 Å². The summed E-state index contributed by atoms with van der Waals surface area (Å²) in [5, 5.41) is 9.08. The third-order valence-corrected chi connectivity index (χ3v) is 5.11. The van der Waals surface area contributed by atoms with Gasteiger partial charge in [-0.15, -0.1) is 0 Å². The van der Waals surface area contributed by atoms with Crippen molar-refractivity contribution in [1.82, 2.24) is 4.90 Å². The number of aliphatic carboxylic acids is 1. The zero-order chi connectivity index (χ0) is 20.0. The van der Waals surface area contributed by atoms with Gasteiger partial charge in [-0.1, -0.05) is 51.1 Å². The van der Waals surface area contributed by atoms with Gasteiger partial charge in [0.1, 0.15) is 5.75 Å². The minimum Gasteiger partial charge on any atom is -0.496 e. The van der Waals surface area contributed by atoms with Gasteiger partial charge in [-0.25, -0.2) is 0 Å². The Kier molecular flexibility index (Phi) is 7.45. The van der Waals surface area contributed by atoms with E-state index in [9.17, 15) is 4.79 Å². The van der Waals surface area contributed by atoms with Crippen LogP contribution >= 0.6 is 15.9 Å². The molecule has 2 rings (SSSR count). The maximum absolute atomic E-state index is 11.1. The molecule has 146 valence electrons. The molecular formula is C22H28BrNO3. The Labute approximate surface area is 170 Å². The number of carbonyl (C=O) groups is 1. The lowest BCUT2D eigenvalue weighted by atomic mass is 9.87. The molecule has 2 aromatic rings. The third-order valence-electron chi connectivity index (χ3n) is 4.49. The van der Waals surface area contributed by atoms with E-state index in [4.69, 9.17) is 9.84 Å². The van der Waals surface area contributed by atoms with E-state index >= 15 is 0 Å². The van der Waals surface area contributed by atoms with E-state index in [2.05, 4.69) is 65.9 Å². The van der Waals surface area contributed by atoms with E-state index in [1.165, 1.54) is 11.1 Å². The molecule has 0 saturated heterocycles. The van der Waals surface area contributed by atoms with Crippen LogP contribution in [0.3, 0.4) is 0 Å². The normalized spacial score (nSPS) is 11.6. The van der Waals surface area contributed by atoms with Crippen molar-refractivity contribution in [2.75, 3.05) is 13.7 Å². The van der Waals surface area contributed by atoms with Crippen molar-refractivity contribution < 1.29 is 14.6 Å². The summed E-state index contributed by atoms with van der Waals surface area (Å²) in [6.45, 7) is 8.48. The molecule has 0 fully saturated rings. The molecule has 2 aromatic carbocycles. The van der Waals surface area contributed by atoms with Gasteiger partial charge in [-0.05, 0) is 50.2 Å². The van der Waals surface area contributed by atoms with Crippen LogP contribution < -0.4 is 4.74 Å². The Balaban J connectivity index is 2.14. The Morgan fingerprint density at radius 2 is 1.67 bits per heavy atom. The minimum atomic E-state index is -0.779. The summed E-state index contributed by atoms with van der Waals surface area (Å²) in [5.74, 6) is 0.00703. The number of rotatable bonds is 8. The Morgan fingerprint density at radius 1 is 1.07 bits per heavy atom. The van der Waals surface area contributed by atoms with Crippen molar-refractivity contribution in [2.24, 2.45) is 0 Å². The SMILES string of the molecule is COc1ccc(CN(CCC(=O)O)Cc2ccc(C(C)(C)C)cc2)cc1Br. The second-order valence-electron chi connectivity index (χ2n) is 7.77. The zero-order valence-corrected chi connectivity index (χ0v) is 18.0. The van der Waals surface area contributed by atoms with Gasteiger partial charge in [0, 0.05) is 19.6 Å². The molecule has 0 bridgehead atoms. The highest BCUT2D eigenvalue weighted by molar-refractivity contribution is 9.10. The molecular weight excluding hydrogens is 406 g/mol. The molecule has 0 aliphatic rings. The van der Waals surface area contributed by atoms with Crippen molar-refractivity contribution in [3.63, 3.8) is 0 Å². The molecule has 0 amide bonds. The highest BCUT2D eigenvalue weighted by atomic mass is 79.9. The summed E-state index contributed by atoms with van der Waals surface area (Å²) in [4.78, 5) is 13.2. The van der Waals surface area contributed by atoms with Crippen LogP contribution in [0, 0.1) is 0 Å². The predicted molar refractivity (Wildman–Crippen MR) is 112 cm³/mol. The maximum Gasteiger partial charge on any atom is 0.304 e. The van der Waals surface area contributed by atoms with Crippen molar-refractivity contribution in [3.8, 4) is 5.75 Å². The smallest absolute Gasteiger partial charge is 0.304 e. The number of hydrogen-bond acceptors (Lipinski definition) is 3. The number of benzene rings is 2. The molecule has 0 aromatic heterocycles. The van der Waals surface area contributed by atoms with Gasteiger partial charge in [0.25, 0.3) is 0 Å². The van der Waals surface area contributed by atoms with Crippen molar-refractivity contribution in [1.29, 1.82) is 0 Å². The summed E-state index contributed by atoms with van der Waals surface area (Å²) in [6, 6.07) is 14.6. The molecule has 5 heteroatoms. The van der Waals surface area contributed by atoms with E-state index in [0.29, 0.717) is 19.6 Å². The van der Waals surface area contributed by atoms with E-state index in [1.54, 1.807) is 7.11 Å². The van der Waals surface area contributed by atoms with Gasteiger partial charge in [-0.2, -0.15) is 0 Å². The number of ether oxygens (including phenoxy) is 1. The largest absolute Gasteiger partial charge is 0.496 e. The lowest BCUT2D eigenvalue weighted by Gasteiger charge is -2.23. The number of carboxylic acids is 1. The van der Waals surface area contributed by atoms with E-state index in [-0.39, 0.29) is 11.8 Å². The molecule has 4 nitrogen and oxygen atoms in total. The van der Waals surface area contributed by atoms with Gasteiger partial charge in [-0.3, -0.25) is 9.69 Å². The number of hydrogen-bond donors (Lipinski definition) is 1. The molecule has 27 heavy (non-hydrogen) atoms. The summed E-state index contributed by atoms with van der Waals surface area (Å²) in [7, 11) is 1.64. The first kappa shape index (κ1) is 21.5. The van der Waals surface area contributed by atoms with Crippen LogP contribution in [0.2, 0.25) is 0 Å². The number of nitrogens with zero attached hydrogens (tertiary/aromatic N) is 1. The molecule has 0 atom stereocenters. The number of carboxylic acid groups (broad SMARTS) is 1. The Hall–Kier alpha value is -1.85. The first-order valence-corrected chi connectivity index (χ1v) is 9.84. The topological polar surface area (TPSA) is 49.8 Å². The van der Waals surface area contributed by atoms with Crippen LogP contribution in [0.5, 0.6) is 5.75 Å². The Morgan fingerprint density at radius 3 is 2.19 bits per heavy atom. The quantitative estimate of drug-likeness (QED) is 0.618. The lowest BCUT2D eigenvalue weighted by molar-refractivity contribution is -0.137. The van der Waals surface area contributed by atoms with Crippen molar-refractivity contribution in [3.05, 3.63) is 63.6 Å². The average molecular weight is 434 g/mol. The molecule has 0 saturated carbocycles. The predicted octanol–water partition coefficient (Wildman–Crippen LogP) is 5.23. The molecule has 0 unspecified atom stereocenters. The zero-order valence-electron chi connectivity index (χ0n) is 16.5. The molecule has 1 N–H and O–H groups in total. The fourth-order valence-electron chi connectivity index (χ4n) is 2.90. The summed E-state index contributed by atoms with van der Waals surface area (Å²) in [5.41, 5.74) is 3.71. The first-order chi connectivity index (χ1) is 12.7. The fraction of sp³-hybridized carbons (Fsp3) is 0.409. The standard InChI is InChI=1S/C22H28BrNO3/c1-22(2,3)18-8-5-16(6-9-18)14-24(12-11-21(25)26)15-17-7-10-20(27-4)19(23)13-17/h5-10,13H,11-12,14-15H2,1-4H3,(H,25,26). The molecule has 0 heterocycles. The molecule has 0 aliphatic carbocycles. The van der Waals surface area contributed by atoms with Gasteiger partial charge in [0.15, 0.2) is 0 Å². The van der Waals surface area contributed by atoms with E-state index in [1.807, 2.05) is 18.2 Å². The maximum atomic E-state index is 11.1. The van der Waals surface area contributed by atoms with Gasteiger partial charge in [0.05, 0.1) is 18.0 Å². The van der Waals surface area contributed by atoms with Crippen LogP contribution in [0.25, 0.3) is 0 Å². The second kappa shape index (κ2) is 9.38. The summed E-state index contributed by atoms with van der Waals surface area (Å²) < 4.78 is 6.18. The first-order valence-electron chi connectivity index (χ1n) is 9.05. The number of methoxy groups -OCH3 is 1. The summed E-state index contributed by atoms with van der Waals surface area (Å²) >= 11 is 3.52. The van der Waals surface area contributed by atoms with Crippen LogP contribution in [0.15, 0.2) is 46.9 Å². The van der Waals surface area contributed by atoms with Crippen LogP contribution in [0.1, 0.15) is 43.9 Å². The minimum absolute atomic E-state index is 0.122. The Bertz CT molecular complexity index is 766. The molecule has 0 spiro atoms. The highest BCUT2D eigenvalue weighted by Gasteiger charge is 2.14. The summed E-state index contributed by atoms with van der Waals surface area (Å²) in [6.07, 6.45) is 0.122. The highest BCUT2D eigenvalue weighted by Crippen LogP contribution is 2.27. The van der Waals surface area contributed by atoms with Crippen LogP contribution in [-0.2, 0) is 23.3 Å². The second-order valence-corrected chi connectivity index (χ2v) is 8.62. The fourth-order valence-corrected chi connectivity index (χ4v) is 3.49. The monoisotopic (exact) mass is 433 g/mol. The van der Waals surface area contributed by atoms with Crippen LogP contribution in [0.4, 0.5) is 0 Å².